The van der Waals surface area contributed by atoms with Crippen molar-refractivity contribution in [1.29, 1.82) is 0 Å². The first-order valence-corrected chi connectivity index (χ1v) is 6.17. The van der Waals surface area contributed by atoms with E-state index in [1.165, 1.54) is 38.8 Å². The van der Waals surface area contributed by atoms with E-state index in [1.807, 2.05) is 0 Å². The minimum absolute atomic E-state index is 0.354. The number of hydrogen-bond donors (Lipinski definition) is 1. The monoisotopic (exact) mass is 198 g/mol. The lowest BCUT2D eigenvalue weighted by Crippen LogP contribution is -2.57. The molecular weight excluding hydrogens is 172 g/mol. The Morgan fingerprint density at radius 1 is 1.29 bits per heavy atom. The average molecular weight is 198 g/mol. The molecule has 2 heteroatoms. The SMILES string of the molecule is CCN1CCCC1C(CC)(CC)NC. The van der Waals surface area contributed by atoms with Gasteiger partial charge in [0.15, 0.2) is 0 Å². The maximum Gasteiger partial charge on any atom is 0.0329 e. The molecule has 0 aliphatic carbocycles. The van der Waals surface area contributed by atoms with Crippen molar-refractivity contribution >= 4 is 0 Å². The topological polar surface area (TPSA) is 15.3 Å². The second-order valence-corrected chi connectivity index (χ2v) is 4.40. The molecule has 0 spiro atoms. The van der Waals surface area contributed by atoms with Crippen LogP contribution in [-0.4, -0.2) is 36.6 Å². The van der Waals surface area contributed by atoms with E-state index >= 15 is 0 Å². The Balaban J connectivity index is 2.76. The Labute approximate surface area is 89.1 Å². The van der Waals surface area contributed by atoms with E-state index in [2.05, 4.69) is 38.0 Å². The van der Waals surface area contributed by atoms with E-state index < -0.39 is 0 Å². The van der Waals surface area contributed by atoms with Gasteiger partial charge in [0.25, 0.3) is 0 Å². The number of hydrogen-bond acceptors (Lipinski definition) is 2. The van der Waals surface area contributed by atoms with Gasteiger partial charge in [0, 0.05) is 11.6 Å². The van der Waals surface area contributed by atoms with Crippen LogP contribution < -0.4 is 5.32 Å². The lowest BCUT2D eigenvalue weighted by atomic mass is 9.83. The van der Waals surface area contributed by atoms with Crippen LogP contribution in [0.15, 0.2) is 0 Å². The van der Waals surface area contributed by atoms with Crippen molar-refractivity contribution < 1.29 is 0 Å². The zero-order valence-electron chi connectivity index (χ0n) is 10.3. The van der Waals surface area contributed by atoms with E-state index in [-0.39, 0.29) is 0 Å². The summed E-state index contributed by atoms with van der Waals surface area (Å²) in [7, 11) is 2.12. The Morgan fingerprint density at radius 3 is 2.36 bits per heavy atom. The van der Waals surface area contributed by atoms with E-state index in [4.69, 9.17) is 0 Å². The maximum atomic E-state index is 3.58. The van der Waals surface area contributed by atoms with Crippen molar-refractivity contribution in [3.63, 3.8) is 0 Å². The van der Waals surface area contributed by atoms with E-state index in [9.17, 15) is 0 Å². The molecule has 14 heavy (non-hydrogen) atoms. The summed E-state index contributed by atoms with van der Waals surface area (Å²) in [5.41, 5.74) is 0.354. The van der Waals surface area contributed by atoms with Crippen LogP contribution in [0.4, 0.5) is 0 Å². The second kappa shape index (κ2) is 5.13. The van der Waals surface area contributed by atoms with Gasteiger partial charge >= 0.3 is 0 Å². The summed E-state index contributed by atoms with van der Waals surface area (Å²) in [6.07, 6.45) is 5.22. The number of nitrogens with one attached hydrogen (secondary N) is 1. The predicted octanol–water partition coefficient (Wildman–Crippen LogP) is 2.25. The fourth-order valence-electron chi connectivity index (χ4n) is 3.07. The van der Waals surface area contributed by atoms with Crippen molar-refractivity contribution in [2.45, 2.75) is 58.0 Å². The standard InChI is InChI=1S/C12H26N2/c1-5-12(6-2,13-4)11-9-8-10-14(11)7-3/h11,13H,5-10H2,1-4H3. The first kappa shape index (κ1) is 12.0. The Morgan fingerprint density at radius 2 is 1.93 bits per heavy atom. The molecule has 1 unspecified atom stereocenters. The minimum atomic E-state index is 0.354. The summed E-state index contributed by atoms with van der Waals surface area (Å²) < 4.78 is 0. The van der Waals surface area contributed by atoms with Crippen molar-refractivity contribution in [2.24, 2.45) is 0 Å². The van der Waals surface area contributed by atoms with Gasteiger partial charge in [-0.3, -0.25) is 4.90 Å². The molecule has 0 bridgehead atoms. The first-order chi connectivity index (χ1) is 6.74. The summed E-state index contributed by atoms with van der Waals surface area (Å²) in [6, 6.07) is 0.757. The van der Waals surface area contributed by atoms with Gasteiger partial charge in [-0.2, -0.15) is 0 Å². The second-order valence-electron chi connectivity index (χ2n) is 4.40. The van der Waals surface area contributed by atoms with Crippen molar-refractivity contribution in [3.8, 4) is 0 Å². The van der Waals surface area contributed by atoms with Crippen LogP contribution in [-0.2, 0) is 0 Å². The molecule has 84 valence electrons. The van der Waals surface area contributed by atoms with E-state index in [0.717, 1.165) is 6.04 Å². The molecule has 1 rings (SSSR count). The third kappa shape index (κ3) is 1.96. The molecule has 0 radical (unpaired) electrons. The Bertz CT molecular complexity index is 155. The van der Waals surface area contributed by atoms with Gasteiger partial charge in [-0.15, -0.1) is 0 Å². The summed E-state index contributed by atoms with van der Waals surface area (Å²) >= 11 is 0. The first-order valence-electron chi connectivity index (χ1n) is 6.17. The highest BCUT2D eigenvalue weighted by Gasteiger charge is 2.39. The Hall–Kier alpha value is -0.0800. The summed E-state index contributed by atoms with van der Waals surface area (Å²) in [5.74, 6) is 0. The van der Waals surface area contributed by atoms with Crippen LogP contribution in [0.5, 0.6) is 0 Å². The summed E-state index contributed by atoms with van der Waals surface area (Å²) in [6.45, 7) is 9.40. The molecule has 0 saturated carbocycles. The van der Waals surface area contributed by atoms with Gasteiger partial charge in [0.1, 0.15) is 0 Å². The van der Waals surface area contributed by atoms with Crippen molar-refractivity contribution in [3.05, 3.63) is 0 Å². The van der Waals surface area contributed by atoms with Crippen LogP contribution in [0.3, 0.4) is 0 Å². The average Bonchev–Trinajstić information content (AvgIpc) is 2.70. The highest BCUT2D eigenvalue weighted by molar-refractivity contribution is 4.99. The van der Waals surface area contributed by atoms with Crippen molar-refractivity contribution in [1.82, 2.24) is 10.2 Å². The maximum absolute atomic E-state index is 3.58. The molecule has 1 fully saturated rings. The molecule has 1 heterocycles. The molecule has 1 aliphatic heterocycles. The molecule has 0 aromatic heterocycles. The third-order valence-corrected chi connectivity index (χ3v) is 4.17. The van der Waals surface area contributed by atoms with Gasteiger partial charge in [0.05, 0.1) is 0 Å². The lowest BCUT2D eigenvalue weighted by molar-refractivity contribution is 0.133. The van der Waals surface area contributed by atoms with Gasteiger partial charge < -0.3 is 5.32 Å². The number of nitrogens with zero attached hydrogens (tertiary/aromatic N) is 1. The predicted molar refractivity (Wildman–Crippen MR) is 62.6 cm³/mol. The molecule has 2 nitrogen and oxygen atoms in total. The smallest absolute Gasteiger partial charge is 0.0329 e. The normalized spacial score (nSPS) is 24.4. The quantitative estimate of drug-likeness (QED) is 0.729. The summed E-state index contributed by atoms with van der Waals surface area (Å²) in [4.78, 5) is 2.64. The lowest BCUT2D eigenvalue weighted by Gasteiger charge is -2.42. The molecule has 0 aromatic rings. The highest BCUT2D eigenvalue weighted by atomic mass is 15.2. The van der Waals surface area contributed by atoms with Crippen LogP contribution in [0.2, 0.25) is 0 Å². The summed E-state index contributed by atoms with van der Waals surface area (Å²) in [5, 5.41) is 3.58. The number of likely N-dealkylation sites (tertiary alicyclic amines) is 1. The van der Waals surface area contributed by atoms with Gasteiger partial charge in [-0.1, -0.05) is 20.8 Å². The molecule has 1 aliphatic rings. The van der Waals surface area contributed by atoms with Crippen LogP contribution in [0.25, 0.3) is 0 Å². The zero-order valence-corrected chi connectivity index (χ0v) is 10.3. The molecule has 1 N–H and O–H groups in total. The van der Waals surface area contributed by atoms with Gasteiger partial charge in [-0.25, -0.2) is 0 Å². The van der Waals surface area contributed by atoms with Crippen LogP contribution >= 0.6 is 0 Å². The fraction of sp³-hybridized carbons (Fsp3) is 1.00. The highest BCUT2D eigenvalue weighted by Crippen LogP contribution is 2.31. The molecule has 1 atom stereocenters. The van der Waals surface area contributed by atoms with Gasteiger partial charge in [-0.05, 0) is 45.8 Å². The third-order valence-electron chi connectivity index (χ3n) is 4.17. The van der Waals surface area contributed by atoms with E-state index in [0.29, 0.717) is 5.54 Å². The number of likely N-dealkylation sites (N-methyl/N-ethyl adjacent to an activating group) is 2. The Kier molecular flexibility index (Phi) is 4.39. The fourth-order valence-corrected chi connectivity index (χ4v) is 3.07. The minimum Gasteiger partial charge on any atom is -0.313 e. The van der Waals surface area contributed by atoms with Crippen LogP contribution in [0.1, 0.15) is 46.5 Å². The largest absolute Gasteiger partial charge is 0.313 e. The van der Waals surface area contributed by atoms with Crippen molar-refractivity contribution in [2.75, 3.05) is 20.1 Å². The molecule has 0 amide bonds. The zero-order chi connectivity index (χ0) is 10.6. The van der Waals surface area contributed by atoms with Gasteiger partial charge in [0.2, 0.25) is 0 Å². The molecule has 1 saturated heterocycles. The van der Waals surface area contributed by atoms with E-state index in [1.54, 1.807) is 0 Å². The molecular formula is C12H26N2. The molecule has 0 aromatic carbocycles. The van der Waals surface area contributed by atoms with Crippen LogP contribution in [0, 0.1) is 0 Å². The number of rotatable bonds is 5.